The van der Waals surface area contributed by atoms with Gasteiger partial charge >= 0.3 is 0 Å². The Morgan fingerprint density at radius 2 is 2.20 bits per heavy atom. The minimum absolute atomic E-state index is 0.0603. The van der Waals surface area contributed by atoms with Crippen LogP contribution in [0.2, 0.25) is 5.15 Å². The molecule has 82 valence electrons. The second-order valence-electron chi connectivity index (χ2n) is 3.04. The minimum atomic E-state index is -0.0603. The monoisotopic (exact) mass is 246 g/mol. The summed E-state index contributed by atoms with van der Waals surface area (Å²) in [5.41, 5.74) is 0. The van der Waals surface area contributed by atoms with Gasteiger partial charge in [-0.1, -0.05) is 17.7 Å². The molecule has 0 spiro atoms. The van der Waals surface area contributed by atoms with Crippen molar-refractivity contribution in [3.63, 3.8) is 0 Å². The van der Waals surface area contributed by atoms with E-state index in [1.165, 1.54) is 0 Å². The number of rotatable bonds is 5. The number of hydrogen-bond donors (Lipinski definition) is 1. The topological polar surface area (TPSA) is 42.0 Å². The summed E-state index contributed by atoms with van der Waals surface area (Å²) in [6.45, 7) is 0. The number of unbranched alkanes of at least 4 members (excludes halogenated alkanes) is 1. The fraction of sp³-hybridized carbons (Fsp3) is 0.400. The molecule has 1 amide bonds. The molecule has 1 aromatic rings. The van der Waals surface area contributed by atoms with E-state index in [0.29, 0.717) is 23.3 Å². The zero-order valence-corrected chi connectivity index (χ0v) is 9.68. The Morgan fingerprint density at radius 1 is 1.40 bits per heavy atom. The molecule has 0 fully saturated rings. The number of pyridine rings is 1. The number of anilines is 1. The van der Waals surface area contributed by atoms with Crippen molar-refractivity contribution in [1.29, 1.82) is 0 Å². The first-order chi connectivity index (χ1) is 7.22. The molecule has 0 radical (unpaired) electrons. The van der Waals surface area contributed by atoms with E-state index in [1.54, 1.807) is 18.2 Å². The number of alkyl halides is 1. The zero-order valence-electron chi connectivity index (χ0n) is 8.17. The lowest BCUT2D eigenvalue weighted by Gasteiger charge is -2.03. The predicted molar refractivity (Wildman–Crippen MR) is 62.4 cm³/mol. The number of amides is 1. The number of nitrogens with one attached hydrogen (secondary N) is 1. The molecule has 0 aliphatic rings. The molecule has 0 saturated carbocycles. The summed E-state index contributed by atoms with van der Waals surface area (Å²) < 4.78 is 0. The van der Waals surface area contributed by atoms with Crippen molar-refractivity contribution in [3.8, 4) is 0 Å². The summed E-state index contributed by atoms with van der Waals surface area (Å²) in [7, 11) is 0. The van der Waals surface area contributed by atoms with Crippen LogP contribution < -0.4 is 5.32 Å². The fourth-order valence-electron chi connectivity index (χ4n) is 1.06. The molecule has 3 nitrogen and oxygen atoms in total. The molecule has 0 aliphatic carbocycles. The molecule has 0 unspecified atom stereocenters. The summed E-state index contributed by atoms with van der Waals surface area (Å²) >= 11 is 11.2. The lowest BCUT2D eigenvalue weighted by atomic mass is 10.2. The molecular weight excluding hydrogens is 235 g/mol. The molecule has 1 N–H and O–H groups in total. The van der Waals surface area contributed by atoms with Crippen molar-refractivity contribution < 1.29 is 4.79 Å². The van der Waals surface area contributed by atoms with Crippen LogP contribution in [0.4, 0.5) is 5.82 Å². The predicted octanol–water partition coefficient (Wildman–Crippen LogP) is 3.08. The maximum Gasteiger partial charge on any atom is 0.225 e. The Hall–Kier alpha value is -0.800. The molecule has 0 bridgehead atoms. The largest absolute Gasteiger partial charge is 0.311 e. The second kappa shape index (κ2) is 6.64. The Balaban J connectivity index is 2.37. The van der Waals surface area contributed by atoms with Crippen LogP contribution >= 0.6 is 23.2 Å². The third-order valence-corrected chi connectivity index (χ3v) is 2.25. The van der Waals surface area contributed by atoms with Crippen molar-refractivity contribution in [2.24, 2.45) is 0 Å². The molecule has 0 atom stereocenters. The summed E-state index contributed by atoms with van der Waals surface area (Å²) in [5, 5.41) is 3.03. The molecule has 0 aromatic carbocycles. The third-order valence-electron chi connectivity index (χ3n) is 1.77. The van der Waals surface area contributed by atoms with E-state index in [1.807, 2.05) is 0 Å². The van der Waals surface area contributed by atoms with Gasteiger partial charge in [0.15, 0.2) is 0 Å². The van der Waals surface area contributed by atoms with Crippen LogP contribution in [0, 0.1) is 0 Å². The SMILES string of the molecule is O=C(CCCCCl)Nc1cccc(Cl)n1. The van der Waals surface area contributed by atoms with Gasteiger partial charge in [-0.3, -0.25) is 4.79 Å². The molecule has 1 heterocycles. The number of aromatic nitrogens is 1. The van der Waals surface area contributed by atoms with E-state index in [-0.39, 0.29) is 5.91 Å². The van der Waals surface area contributed by atoms with Gasteiger partial charge < -0.3 is 5.32 Å². The van der Waals surface area contributed by atoms with Crippen LogP contribution in [-0.4, -0.2) is 16.8 Å². The average molecular weight is 247 g/mol. The highest BCUT2D eigenvalue weighted by Crippen LogP contribution is 2.09. The molecule has 15 heavy (non-hydrogen) atoms. The van der Waals surface area contributed by atoms with Crippen LogP contribution in [0.25, 0.3) is 0 Å². The standard InChI is InChI=1S/C10H12Cl2N2O/c11-7-2-1-6-10(15)14-9-5-3-4-8(12)13-9/h3-5H,1-2,6-7H2,(H,13,14,15). The first-order valence-electron chi connectivity index (χ1n) is 4.71. The van der Waals surface area contributed by atoms with Gasteiger partial charge in [0, 0.05) is 12.3 Å². The lowest BCUT2D eigenvalue weighted by Crippen LogP contribution is -2.12. The molecule has 0 aliphatic heterocycles. The normalized spacial score (nSPS) is 10.0. The van der Waals surface area contributed by atoms with Crippen molar-refractivity contribution in [2.45, 2.75) is 19.3 Å². The van der Waals surface area contributed by atoms with E-state index in [4.69, 9.17) is 23.2 Å². The quantitative estimate of drug-likeness (QED) is 0.493. The van der Waals surface area contributed by atoms with E-state index >= 15 is 0 Å². The number of nitrogens with zero attached hydrogens (tertiary/aromatic N) is 1. The van der Waals surface area contributed by atoms with Gasteiger partial charge in [0.05, 0.1) is 0 Å². The summed E-state index contributed by atoms with van der Waals surface area (Å²) in [4.78, 5) is 15.3. The van der Waals surface area contributed by atoms with Gasteiger partial charge in [-0.05, 0) is 25.0 Å². The van der Waals surface area contributed by atoms with Crippen molar-refractivity contribution in [2.75, 3.05) is 11.2 Å². The summed E-state index contributed by atoms with van der Waals surface area (Å²) in [6, 6.07) is 5.10. The number of hydrogen-bond acceptors (Lipinski definition) is 2. The summed E-state index contributed by atoms with van der Waals surface area (Å²) in [6.07, 6.45) is 2.09. The molecular formula is C10H12Cl2N2O. The van der Waals surface area contributed by atoms with E-state index in [9.17, 15) is 4.79 Å². The van der Waals surface area contributed by atoms with Gasteiger partial charge in [-0.15, -0.1) is 11.6 Å². The first kappa shape index (κ1) is 12.3. The minimum Gasteiger partial charge on any atom is -0.311 e. The number of carbonyl (C=O) groups excluding carboxylic acids is 1. The highest BCUT2D eigenvalue weighted by molar-refractivity contribution is 6.29. The van der Waals surface area contributed by atoms with E-state index < -0.39 is 0 Å². The maximum absolute atomic E-state index is 11.4. The molecule has 0 saturated heterocycles. The van der Waals surface area contributed by atoms with Crippen LogP contribution in [0.15, 0.2) is 18.2 Å². The summed E-state index contributed by atoms with van der Waals surface area (Å²) in [5.74, 6) is 1.01. The van der Waals surface area contributed by atoms with Crippen molar-refractivity contribution >= 4 is 34.9 Å². The van der Waals surface area contributed by atoms with Crippen LogP contribution in [0.3, 0.4) is 0 Å². The number of carbonyl (C=O) groups is 1. The lowest BCUT2D eigenvalue weighted by molar-refractivity contribution is -0.116. The van der Waals surface area contributed by atoms with Gasteiger partial charge in [-0.2, -0.15) is 0 Å². The Morgan fingerprint density at radius 3 is 2.87 bits per heavy atom. The highest BCUT2D eigenvalue weighted by Gasteiger charge is 2.02. The second-order valence-corrected chi connectivity index (χ2v) is 3.81. The first-order valence-corrected chi connectivity index (χ1v) is 5.62. The smallest absolute Gasteiger partial charge is 0.225 e. The van der Waals surface area contributed by atoms with Crippen molar-refractivity contribution in [1.82, 2.24) is 4.98 Å². The van der Waals surface area contributed by atoms with E-state index in [0.717, 1.165) is 12.8 Å². The van der Waals surface area contributed by atoms with Crippen LogP contribution in [-0.2, 0) is 4.79 Å². The molecule has 1 aromatic heterocycles. The molecule has 5 heteroatoms. The Kier molecular flexibility index (Phi) is 5.43. The van der Waals surface area contributed by atoms with Gasteiger partial charge in [0.25, 0.3) is 0 Å². The van der Waals surface area contributed by atoms with Gasteiger partial charge in [0.1, 0.15) is 11.0 Å². The Labute approximate surface area is 98.8 Å². The third kappa shape index (κ3) is 5.00. The van der Waals surface area contributed by atoms with Crippen LogP contribution in [0.1, 0.15) is 19.3 Å². The fourth-order valence-corrected chi connectivity index (χ4v) is 1.42. The Bertz CT molecular complexity index is 331. The van der Waals surface area contributed by atoms with Crippen LogP contribution in [0.5, 0.6) is 0 Å². The highest BCUT2D eigenvalue weighted by atomic mass is 35.5. The van der Waals surface area contributed by atoms with E-state index in [2.05, 4.69) is 10.3 Å². The van der Waals surface area contributed by atoms with Gasteiger partial charge in [0.2, 0.25) is 5.91 Å². The molecule has 1 rings (SSSR count). The van der Waals surface area contributed by atoms with Gasteiger partial charge in [-0.25, -0.2) is 4.98 Å². The van der Waals surface area contributed by atoms with Crippen molar-refractivity contribution in [3.05, 3.63) is 23.4 Å². The average Bonchev–Trinajstić information content (AvgIpc) is 2.18. The number of halogens is 2. The zero-order chi connectivity index (χ0) is 11.1. The maximum atomic E-state index is 11.4.